The van der Waals surface area contributed by atoms with E-state index in [-0.39, 0.29) is 5.92 Å². The van der Waals surface area contributed by atoms with E-state index in [1.807, 2.05) is 32.9 Å². The third kappa shape index (κ3) is 7.26. The maximum absolute atomic E-state index is 12.7. The molecule has 0 spiro atoms. The van der Waals surface area contributed by atoms with Crippen LogP contribution in [0.1, 0.15) is 40.0 Å². The summed E-state index contributed by atoms with van der Waals surface area (Å²) in [5.41, 5.74) is -0.728. The Morgan fingerprint density at radius 3 is 2.50 bits per heavy atom. The molecule has 0 radical (unpaired) electrons. The van der Waals surface area contributed by atoms with Gasteiger partial charge in [0.2, 0.25) is 0 Å². The molecule has 0 heterocycles. The van der Waals surface area contributed by atoms with Crippen molar-refractivity contribution in [2.24, 2.45) is 5.92 Å². The Balaban J connectivity index is 1.93. The highest BCUT2D eigenvalue weighted by Crippen LogP contribution is 2.32. The van der Waals surface area contributed by atoms with Crippen LogP contribution in [-0.4, -0.2) is 45.4 Å². The molecule has 0 aromatic heterocycles. The van der Waals surface area contributed by atoms with Gasteiger partial charge in [-0.3, -0.25) is 4.79 Å². The van der Waals surface area contributed by atoms with Crippen LogP contribution in [0.15, 0.2) is 47.4 Å². The first-order chi connectivity index (χ1) is 14.2. The Kier molecular flexibility index (Phi) is 9.60. The van der Waals surface area contributed by atoms with Gasteiger partial charge in [-0.15, -0.1) is 20.3 Å². The fraction of sp³-hybridized carbons (Fsp3) is 0.478. The number of aliphatic hydroxyl groups is 1. The summed E-state index contributed by atoms with van der Waals surface area (Å²) in [6.45, 7) is 5.73. The molecule has 1 amide bonds. The minimum absolute atomic E-state index is 0.130. The Bertz CT molecular complexity index is 860. The van der Waals surface area contributed by atoms with Crippen molar-refractivity contribution in [1.82, 2.24) is 5.32 Å². The van der Waals surface area contributed by atoms with Gasteiger partial charge >= 0.3 is 5.97 Å². The molecule has 0 fully saturated rings. The van der Waals surface area contributed by atoms with Gasteiger partial charge in [-0.1, -0.05) is 57.5 Å². The van der Waals surface area contributed by atoms with Crippen molar-refractivity contribution in [1.29, 1.82) is 0 Å². The maximum atomic E-state index is 12.7. The van der Waals surface area contributed by atoms with Crippen LogP contribution in [0.5, 0.6) is 0 Å². The normalized spacial score (nSPS) is 14.8. The lowest BCUT2D eigenvalue weighted by Gasteiger charge is -2.28. The monoisotopic (exact) mass is 449 g/mol. The number of benzene rings is 2. The van der Waals surface area contributed by atoms with E-state index in [0.717, 1.165) is 10.4 Å². The summed E-state index contributed by atoms with van der Waals surface area (Å²) in [5, 5.41) is 25.3. The van der Waals surface area contributed by atoms with Crippen LogP contribution in [0.4, 0.5) is 0 Å². The second-order valence-electron chi connectivity index (χ2n) is 8.00. The summed E-state index contributed by atoms with van der Waals surface area (Å²) in [4.78, 5) is 25.4. The van der Waals surface area contributed by atoms with Gasteiger partial charge in [-0.2, -0.15) is 0 Å². The molecule has 0 aliphatic heterocycles. The van der Waals surface area contributed by atoms with Crippen LogP contribution in [0.2, 0.25) is 0 Å². The van der Waals surface area contributed by atoms with E-state index in [1.54, 1.807) is 11.8 Å². The second-order valence-corrected chi connectivity index (χ2v) is 10.8. The average Bonchev–Trinajstić information content (AvgIpc) is 2.70. The summed E-state index contributed by atoms with van der Waals surface area (Å²) in [6, 6.07) is 13.6. The number of nitrogens with one attached hydrogen (secondary N) is 1. The number of hydrogen-bond donors (Lipinski definition) is 3. The molecule has 0 bridgehead atoms. The number of carbonyl (C=O) groups excluding carboxylic acids is 1. The zero-order valence-corrected chi connectivity index (χ0v) is 19.7. The molecular formula is C23H32NO4PS. The van der Waals surface area contributed by atoms with Crippen LogP contribution in [0.3, 0.4) is 0 Å². The second kappa shape index (κ2) is 11.7. The van der Waals surface area contributed by atoms with Crippen LogP contribution in [0, 0.1) is 5.92 Å². The minimum atomic E-state index is -1.53. The lowest BCUT2D eigenvalue weighted by Crippen LogP contribution is -2.54. The Hall–Kier alpha value is -1.62. The van der Waals surface area contributed by atoms with E-state index < -0.39 is 23.5 Å². The van der Waals surface area contributed by atoms with Gasteiger partial charge in [0.1, 0.15) is 11.6 Å². The maximum Gasteiger partial charge on any atom is 0.326 e. The fourth-order valence-electron chi connectivity index (χ4n) is 3.33. The highest BCUT2D eigenvalue weighted by atomic mass is 32.2. The number of aliphatic carboxylic acids is 1. The topological polar surface area (TPSA) is 86.6 Å². The molecule has 0 saturated heterocycles. The molecule has 2 rings (SSSR count). The lowest BCUT2D eigenvalue weighted by atomic mass is 9.97. The zero-order chi connectivity index (χ0) is 22.1. The van der Waals surface area contributed by atoms with E-state index in [1.165, 1.54) is 10.8 Å². The first kappa shape index (κ1) is 24.6. The van der Waals surface area contributed by atoms with Gasteiger partial charge in [0.25, 0.3) is 5.91 Å². The summed E-state index contributed by atoms with van der Waals surface area (Å²) >= 11 is 1.71. The predicted molar refractivity (Wildman–Crippen MR) is 127 cm³/mol. The van der Waals surface area contributed by atoms with Crippen molar-refractivity contribution >= 4 is 43.0 Å². The minimum Gasteiger partial charge on any atom is -0.480 e. The largest absolute Gasteiger partial charge is 0.480 e. The van der Waals surface area contributed by atoms with Gasteiger partial charge < -0.3 is 15.5 Å². The molecule has 30 heavy (non-hydrogen) atoms. The zero-order valence-electron chi connectivity index (χ0n) is 17.9. The third-order valence-electron chi connectivity index (χ3n) is 4.88. The highest BCUT2D eigenvalue weighted by Gasteiger charge is 2.37. The first-order valence-corrected chi connectivity index (χ1v) is 12.7. The van der Waals surface area contributed by atoms with E-state index in [0.29, 0.717) is 34.0 Å². The molecule has 3 atom stereocenters. The number of carbonyl (C=O) groups is 2. The number of carboxylic acids is 1. The average molecular weight is 450 g/mol. The van der Waals surface area contributed by atoms with Crippen molar-refractivity contribution in [2.75, 3.05) is 11.7 Å². The molecule has 5 nitrogen and oxygen atoms in total. The Labute approximate surface area is 184 Å². The Morgan fingerprint density at radius 2 is 1.87 bits per heavy atom. The van der Waals surface area contributed by atoms with Gasteiger partial charge in [0.15, 0.2) is 0 Å². The smallest absolute Gasteiger partial charge is 0.326 e. The van der Waals surface area contributed by atoms with Crippen LogP contribution in [0.25, 0.3) is 10.8 Å². The van der Waals surface area contributed by atoms with Crippen LogP contribution < -0.4 is 5.32 Å². The molecule has 2 aromatic rings. The van der Waals surface area contributed by atoms with Gasteiger partial charge in [0, 0.05) is 16.6 Å². The molecular weight excluding hydrogens is 417 g/mol. The quantitative estimate of drug-likeness (QED) is 0.248. The van der Waals surface area contributed by atoms with Crippen LogP contribution >= 0.6 is 20.3 Å². The van der Waals surface area contributed by atoms with Gasteiger partial charge in [-0.25, -0.2) is 4.79 Å². The summed E-state index contributed by atoms with van der Waals surface area (Å²) in [7, 11) is 0.381. The molecule has 3 N–H and O–H groups in total. The highest BCUT2D eigenvalue weighted by molar-refractivity contribution is 8.03. The van der Waals surface area contributed by atoms with Crippen molar-refractivity contribution in [3.8, 4) is 0 Å². The molecule has 164 valence electrons. The molecule has 2 unspecified atom stereocenters. The molecule has 0 saturated carbocycles. The number of thioether (sulfide) groups is 1. The number of amides is 1. The van der Waals surface area contributed by atoms with Gasteiger partial charge in [0.05, 0.1) is 0 Å². The van der Waals surface area contributed by atoms with Crippen molar-refractivity contribution in [3.05, 3.63) is 42.5 Å². The number of hydrogen-bond acceptors (Lipinski definition) is 4. The number of fused-ring (bicyclic) bond motifs is 1. The molecule has 2 aromatic carbocycles. The van der Waals surface area contributed by atoms with Crippen molar-refractivity contribution in [2.45, 2.75) is 56.6 Å². The first-order valence-electron chi connectivity index (χ1n) is 10.3. The predicted octanol–water partition coefficient (Wildman–Crippen LogP) is 4.71. The van der Waals surface area contributed by atoms with Crippen molar-refractivity contribution in [3.63, 3.8) is 0 Å². The molecule has 0 aliphatic rings. The SMILES string of the molecule is CCCC(O)(CPCSc1ccc2ccccc2c1)C(=O)N[C@@H](CC(C)C)C(=O)O. The summed E-state index contributed by atoms with van der Waals surface area (Å²) in [5.74, 6) is -1.50. The van der Waals surface area contributed by atoms with E-state index >= 15 is 0 Å². The fourth-order valence-corrected chi connectivity index (χ4v) is 5.94. The standard InChI is InChI=1S/C23H32NO4PS/c1-4-11-23(28,22(27)24-20(21(25)26)12-16(2)3)14-29-15-30-19-10-9-17-7-5-6-8-18(17)13-19/h5-10,13,16,20,28-29H,4,11-12,14-15H2,1-3H3,(H,24,27)(H,25,26)/t20-,23?/m0/s1. The Morgan fingerprint density at radius 1 is 1.17 bits per heavy atom. The van der Waals surface area contributed by atoms with Crippen molar-refractivity contribution < 1.29 is 19.8 Å². The van der Waals surface area contributed by atoms with E-state index in [9.17, 15) is 19.8 Å². The van der Waals surface area contributed by atoms with E-state index in [2.05, 4.69) is 35.6 Å². The molecule has 7 heteroatoms. The summed E-state index contributed by atoms with van der Waals surface area (Å²) in [6.07, 6.45) is 1.64. The number of rotatable bonds is 12. The van der Waals surface area contributed by atoms with Crippen LogP contribution in [-0.2, 0) is 9.59 Å². The van der Waals surface area contributed by atoms with Gasteiger partial charge in [-0.05, 0) is 41.7 Å². The third-order valence-corrected chi connectivity index (χ3v) is 7.69. The summed E-state index contributed by atoms with van der Waals surface area (Å²) < 4.78 is 0. The lowest BCUT2D eigenvalue weighted by molar-refractivity contribution is -0.147. The molecule has 0 aliphatic carbocycles. The van der Waals surface area contributed by atoms with E-state index in [4.69, 9.17) is 0 Å². The number of carboxylic acid groups (broad SMARTS) is 1.